The van der Waals surface area contributed by atoms with Crippen LogP contribution >= 0.6 is 0 Å². The van der Waals surface area contributed by atoms with Gasteiger partial charge in [0.05, 0.1) is 11.7 Å². The van der Waals surface area contributed by atoms with Crippen LogP contribution in [0, 0.1) is 40.4 Å². The summed E-state index contributed by atoms with van der Waals surface area (Å²) in [6, 6.07) is 0. The highest BCUT2D eigenvalue weighted by Gasteiger charge is 2.60. The van der Waals surface area contributed by atoms with E-state index in [9.17, 15) is 4.79 Å². The van der Waals surface area contributed by atoms with Gasteiger partial charge in [0.1, 0.15) is 0 Å². The molecule has 0 aromatic heterocycles. The average Bonchev–Trinajstić information content (AvgIpc) is 3.21. The Morgan fingerprint density at radius 2 is 1.72 bits per heavy atom. The zero-order chi connectivity index (χ0) is 20.6. The number of fused-ring (bicyclic) bond motifs is 5. The van der Waals surface area contributed by atoms with Crippen LogP contribution in [0.3, 0.4) is 0 Å². The lowest BCUT2D eigenvalue weighted by Crippen LogP contribution is -2.51. The summed E-state index contributed by atoms with van der Waals surface area (Å²) in [6.07, 6.45) is 15.0. The summed E-state index contributed by atoms with van der Waals surface area (Å²) in [5.41, 5.74) is 2.39. The SMILES string of the molecule is C[C@@H]([C@H]1CC[C@H]2[C@@H]3CCC4=CC(=O)CC[C@]4(C)[C@H]3CC[C@]12C)[C@H]1CCC(C)(C)O1. The van der Waals surface area contributed by atoms with E-state index in [4.69, 9.17) is 4.74 Å². The maximum absolute atomic E-state index is 12.1. The van der Waals surface area contributed by atoms with Crippen LogP contribution in [-0.2, 0) is 9.53 Å². The molecule has 29 heavy (non-hydrogen) atoms. The van der Waals surface area contributed by atoms with Gasteiger partial charge in [0.15, 0.2) is 5.78 Å². The van der Waals surface area contributed by atoms with Gasteiger partial charge in [-0.3, -0.25) is 4.79 Å². The Balaban J connectivity index is 1.37. The third kappa shape index (κ3) is 3.02. The van der Waals surface area contributed by atoms with E-state index in [0.29, 0.717) is 28.6 Å². The number of carbonyl (C=O) groups excluding carboxylic acids is 1. The zero-order valence-corrected chi connectivity index (χ0v) is 19.4. The van der Waals surface area contributed by atoms with Crippen molar-refractivity contribution in [3.8, 4) is 0 Å². The summed E-state index contributed by atoms with van der Waals surface area (Å²) in [5, 5.41) is 0. The van der Waals surface area contributed by atoms with Crippen molar-refractivity contribution in [3.05, 3.63) is 11.6 Å². The maximum Gasteiger partial charge on any atom is 0.155 e. The van der Waals surface area contributed by atoms with Gasteiger partial charge in [0.25, 0.3) is 0 Å². The fourth-order valence-electron chi connectivity index (χ4n) is 9.11. The largest absolute Gasteiger partial charge is 0.372 e. The van der Waals surface area contributed by atoms with Gasteiger partial charge in [-0.05, 0) is 118 Å². The first kappa shape index (κ1) is 20.3. The molecule has 5 rings (SSSR count). The molecule has 0 radical (unpaired) electrons. The third-order valence-electron chi connectivity index (χ3n) is 10.8. The van der Waals surface area contributed by atoms with Crippen LogP contribution in [0.15, 0.2) is 11.6 Å². The fourth-order valence-corrected chi connectivity index (χ4v) is 9.11. The van der Waals surface area contributed by atoms with Crippen LogP contribution < -0.4 is 0 Å². The smallest absolute Gasteiger partial charge is 0.155 e. The van der Waals surface area contributed by atoms with Crippen molar-refractivity contribution >= 4 is 5.78 Å². The molecule has 0 unspecified atom stereocenters. The van der Waals surface area contributed by atoms with Gasteiger partial charge in [-0.15, -0.1) is 0 Å². The van der Waals surface area contributed by atoms with Crippen molar-refractivity contribution in [2.45, 2.75) is 111 Å². The Hall–Kier alpha value is -0.630. The molecule has 1 aliphatic heterocycles. The van der Waals surface area contributed by atoms with Gasteiger partial charge in [-0.2, -0.15) is 0 Å². The topological polar surface area (TPSA) is 26.3 Å². The van der Waals surface area contributed by atoms with E-state index in [1.807, 2.05) is 6.08 Å². The van der Waals surface area contributed by atoms with E-state index in [2.05, 4.69) is 34.6 Å². The van der Waals surface area contributed by atoms with Gasteiger partial charge in [0, 0.05) is 6.42 Å². The summed E-state index contributed by atoms with van der Waals surface area (Å²) in [5.74, 6) is 4.46. The molecule has 162 valence electrons. The van der Waals surface area contributed by atoms with Crippen molar-refractivity contribution in [2.24, 2.45) is 40.4 Å². The molecule has 2 heteroatoms. The van der Waals surface area contributed by atoms with Crippen LogP contribution in [0.25, 0.3) is 0 Å². The Bertz CT molecular complexity index is 720. The van der Waals surface area contributed by atoms with E-state index in [1.165, 1.54) is 56.9 Å². The van der Waals surface area contributed by atoms with Crippen LogP contribution in [0.4, 0.5) is 0 Å². The summed E-state index contributed by atoms with van der Waals surface area (Å²) in [6.45, 7) is 12.2. The maximum atomic E-state index is 12.1. The monoisotopic (exact) mass is 398 g/mol. The first-order valence-electron chi connectivity index (χ1n) is 12.6. The molecule has 0 aromatic carbocycles. The van der Waals surface area contributed by atoms with Crippen molar-refractivity contribution in [1.82, 2.24) is 0 Å². The minimum absolute atomic E-state index is 0.0780. The van der Waals surface area contributed by atoms with Gasteiger partial charge in [0.2, 0.25) is 0 Å². The summed E-state index contributed by atoms with van der Waals surface area (Å²) in [4.78, 5) is 12.1. The molecule has 4 fully saturated rings. The zero-order valence-electron chi connectivity index (χ0n) is 19.4. The highest BCUT2D eigenvalue weighted by molar-refractivity contribution is 5.91. The van der Waals surface area contributed by atoms with E-state index < -0.39 is 0 Å². The molecule has 8 atom stereocenters. The number of hydrogen-bond donors (Lipinski definition) is 0. The minimum Gasteiger partial charge on any atom is -0.372 e. The highest BCUT2D eigenvalue weighted by Crippen LogP contribution is 2.67. The van der Waals surface area contributed by atoms with Gasteiger partial charge < -0.3 is 4.74 Å². The quantitative estimate of drug-likeness (QED) is 0.515. The summed E-state index contributed by atoms with van der Waals surface area (Å²) >= 11 is 0. The minimum atomic E-state index is 0.0780. The van der Waals surface area contributed by atoms with E-state index in [-0.39, 0.29) is 5.60 Å². The first-order chi connectivity index (χ1) is 13.6. The Morgan fingerprint density at radius 1 is 0.931 bits per heavy atom. The highest BCUT2D eigenvalue weighted by atomic mass is 16.5. The number of ether oxygens (including phenoxy) is 1. The molecule has 0 N–H and O–H groups in total. The number of allylic oxidation sites excluding steroid dienone is 1. The van der Waals surface area contributed by atoms with Crippen molar-refractivity contribution in [2.75, 3.05) is 0 Å². The Labute approximate surface area is 178 Å². The first-order valence-corrected chi connectivity index (χ1v) is 12.6. The second-order valence-electron chi connectivity index (χ2n) is 12.5. The normalized spacial score (nSPS) is 49.8. The van der Waals surface area contributed by atoms with Crippen LogP contribution in [0.1, 0.15) is 98.8 Å². The van der Waals surface area contributed by atoms with E-state index in [0.717, 1.165) is 36.5 Å². The molecular formula is C27H42O2. The van der Waals surface area contributed by atoms with Crippen molar-refractivity contribution in [3.63, 3.8) is 0 Å². The number of ketones is 1. The predicted octanol–water partition coefficient (Wildman–Crippen LogP) is 6.73. The molecule has 1 heterocycles. The van der Waals surface area contributed by atoms with Gasteiger partial charge in [-0.25, -0.2) is 0 Å². The molecular weight excluding hydrogens is 356 g/mol. The molecule has 4 aliphatic carbocycles. The van der Waals surface area contributed by atoms with Crippen LogP contribution in [0.2, 0.25) is 0 Å². The molecule has 0 aromatic rings. The molecule has 5 aliphatic rings. The third-order valence-corrected chi connectivity index (χ3v) is 10.8. The van der Waals surface area contributed by atoms with E-state index in [1.54, 1.807) is 0 Å². The molecule has 0 spiro atoms. The standard InChI is InChI=1S/C27H42O2/c1-17(24-12-13-25(2,3)29-24)21-8-9-22-20-7-6-18-16-19(28)10-14-26(18,4)23(20)11-15-27(21,22)5/h16-17,20-24H,6-15H2,1-5H3/t17-,20-,21+,22-,23-,24+,26-,27+/m0/s1. The Morgan fingerprint density at radius 3 is 2.45 bits per heavy atom. The van der Waals surface area contributed by atoms with E-state index >= 15 is 0 Å². The molecule has 0 bridgehead atoms. The second-order valence-corrected chi connectivity index (χ2v) is 12.5. The van der Waals surface area contributed by atoms with Gasteiger partial charge in [-0.1, -0.05) is 26.3 Å². The van der Waals surface area contributed by atoms with Gasteiger partial charge >= 0.3 is 0 Å². The van der Waals surface area contributed by atoms with Crippen LogP contribution in [0.5, 0.6) is 0 Å². The fraction of sp³-hybridized carbons (Fsp3) is 0.889. The molecule has 1 saturated heterocycles. The van der Waals surface area contributed by atoms with Crippen molar-refractivity contribution < 1.29 is 9.53 Å². The molecule has 2 nitrogen and oxygen atoms in total. The summed E-state index contributed by atoms with van der Waals surface area (Å²) < 4.78 is 6.51. The van der Waals surface area contributed by atoms with Crippen LogP contribution in [-0.4, -0.2) is 17.5 Å². The number of carbonyl (C=O) groups is 1. The lowest BCUT2D eigenvalue weighted by Gasteiger charge is -2.58. The lowest BCUT2D eigenvalue weighted by molar-refractivity contribution is -0.118. The lowest BCUT2D eigenvalue weighted by atomic mass is 9.46. The average molecular weight is 399 g/mol. The van der Waals surface area contributed by atoms with Crippen molar-refractivity contribution in [1.29, 1.82) is 0 Å². The second kappa shape index (κ2) is 6.68. The summed E-state index contributed by atoms with van der Waals surface area (Å²) in [7, 11) is 0. The number of hydrogen-bond acceptors (Lipinski definition) is 2. The molecule has 3 saturated carbocycles. The number of rotatable bonds is 2. The Kier molecular flexibility index (Phi) is 4.67. The predicted molar refractivity (Wildman–Crippen MR) is 118 cm³/mol. The molecule has 0 amide bonds.